The number of anilines is 1. The SMILES string of the molecule is Cc1cccc(-n2c(C)cc(/C=C3\SC(=O)N(CC(=O)Nc4ccc(F)cc4)C3=O)c2C)c1. The number of imide groups is 1. The van der Waals surface area contributed by atoms with Crippen LogP contribution >= 0.6 is 11.8 Å². The number of thioether (sulfide) groups is 1. The largest absolute Gasteiger partial charge is 0.325 e. The number of rotatable bonds is 5. The van der Waals surface area contributed by atoms with Crippen molar-refractivity contribution < 1.29 is 18.8 Å². The molecule has 2 aromatic carbocycles. The van der Waals surface area contributed by atoms with Crippen molar-refractivity contribution >= 4 is 40.6 Å². The topological polar surface area (TPSA) is 71.4 Å². The molecule has 0 saturated carbocycles. The number of carbonyl (C=O) groups excluding carboxylic acids is 3. The van der Waals surface area contributed by atoms with Crippen molar-refractivity contribution in [2.75, 3.05) is 11.9 Å². The molecule has 0 aliphatic carbocycles. The van der Waals surface area contributed by atoms with Gasteiger partial charge in [0, 0.05) is 22.8 Å². The molecule has 1 aromatic heterocycles. The summed E-state index contributed by atoms with van der Waals surface area (Å²) in [4.78, 5) is 38.8. The van der Waals surface area contributed by atoms with Gasteiger partial charge in [-0.1, -0.05) is 12.1 Å². The van der Waals surface area contributed by atoms with E-state index in [4.69, 9.17) is 0 Å². The quantitative estimate of drug-likeness (QED) is 0.527. The van der Waals surface area contributed by atoms with Gasteiger partial charge in [0.1, 0.15) is 12.4 Å². The minimum atomic E-state index is -0.539. The first kappa shape index (κ1) is 22.5. The van der Waals surface area contributed by atoms with Crippen molar-refractivity contribution in [3.8, 4) is 5.69 Å². The molecular weight excluding hydrogens is 441 g/mol. The average Bonchev–Trinajstić information content (AvgIpc) is 3.19. The Bertz CT molecular complexity index is 1290. The molecule has 0 atom stereocenters. The highest BCUT2D eigenvalue weighted by Crippen LogP contribution is 2.33. The van der Waals surface area contributed by atoms with E-state index in [-0.39, 0.29) is 4.91 Å². The standard InChI is InChI=1S/C25H22FN3O3S/c1-15-5-4-6-21(11-15)29-16(2)12-18(17(29)3)13-22-24(31)28(25(32)33-22)14-23(30)27-20-9-7-19(26)8-10-20/h4-13H,14H2,1-3H3,(H,27,30)/b22-13-. The maximum atomic E-state index is 13.0. The second-order valence-corrected chi connectivity index (χ2v) is 8.82. The molecule has 1 aliphatic rings. The van der Waals surface area contributed by atoms with E-state index in [1.807, 2.05) is 45.0 Å². The number of aryl methyl sites for hydroxylation is 2. The third kappa shape index (κ3) is 4.75. The van der Waals surface area contributed by atoms with Crippen LogP contribution in [0.4, 0.5) is 14.9 Å². The normalized spacial score (nSPS) is 14.9. The van der Waals surface area contributed by atoms with Gasteiger partial charge in [-0.15, -0.1) is 0 Å². The number of halogens is 1. The zero-order valence-electron chi connectivity index (χ0n) is 18.4. The predicted molar refractivity (Wildman–Crippen MR) is 128 cm³/mol. The Morgan fingerprint density at radius 3 is 2.48 bits per heavy atom. The number of nitrogens with zero attached hydrogens (tertiary/aromatic N) is 2. The number of hydrogen-bond acceptors (Lipinski definition) is 4. The average molecular weight is 464 g/mol. The van der Waals surface area contributed by atoms with Gasteiger partial charge in [0.25, 0.3) is 11.1 Å². The molecule has 8 heteroatoms. The Morgan fingerprint density at radius 1 is 1.06 bits per heavy atom. The summed E-state index contributed by atoms with van der Waals surface area (Å²) in [5.74, 6) is -1.48. The maximum absolute atomic E-state index is 13.0. The summed E-state index contributed by atoms with van der Waals surface area (Å²) in [5.41, 5.74) is 5.32. The van der Waals surface area contributed by atoms with Crippen LogP contribution in [0.3, 0.4) is 0 Å². The lowest BCUT2D eigenvalue weighted by molar-refractivity contribution is -0.127. The molecule has 2 heterocycles. The Morgan fingerprint density at radius 2 is 1.79 bits per heavy atom. The van der Waals surface area contributed by atoms with Crippen LogP contribution in [-0.4, -0.2) is 33.1 Å². The lowest BCUT2D eigenvalue weighted by Gasteiger charge is -2.12. The Kier molecular flexibility index (Phi) is 6.20. The van der Waals surface area contributed by atoms with Gasteiger partial charge >= 0.3 is 0 Å². The van der Waals surface area contributed by atoms with Crippen LogP contribution < -0.4 is 5.32 Å². The Labute approximate surface area is 195 Å². The van der Waals surface area contributed by atoms with Gasteiger partial charge in [0.15, 0.2) is 0 Å². The highest BCUT2D eigenvalue weighted by Gasteiger charge is 2.36. The lowest BCUT2D eigenvalue weighted by atomic mass is 10.2. The molecule has 1 fully saturated rings. The molecule has 1 aliphatic heterocycles. The van der Waals surface area contributed by atoms with Crippen molar-refractivity contribution in [3.05, 3.63) is 87.8 Å². The predicted octanol–water partition coefficient (Wildman–Crippen LogP) is 5.22. The molecular formula is C25H22FN3O3S. The minimum Gasteiger partial charge on any atom is -0.325 e. The van der Waals surface area contributed by atoms with Gasteiger partial charge in [-0.3, -0.25) is 19.3 Å². The zero-order valence-corrected chi connectivity index (χ0v) is 19.2. The van der Waals surface area contributed by atoms with Gasteiger partial charge in [-0.05, 0) is 92.2 Å². The van der Waals surface area contributed by atoms with E-state index in [9.17, 15) is 18.8 Å². The smallest absolute Gasteiger partial charge is 0.294 e. The van der Waals surface area contributed by atoms with Gasteiger partial charge in [-0.2, -0.15) is 0 Å². The van der Waals surface area contributed by atoms with E-state index in [0.29, 0.717) is 5.69 Å². The van der Waals surface area contributed by atoms with E-state index in [1.165, 1.54) is 24.3 Å². The highest BCUT2D eigenvalue weighted by atomic mass is 32.2. The van der Waals surface area contributed by atoms with Crippen molar-refractivity contribution in [1.82, 2.24) is 9.47 Å². The molecule has 0 radical (unpaired) electrons. The molecule has 3 aromatic rings. The molecule has 0 spiro atoms. The van der Waals surface area contributed by atoms with Crippen LogP contribution in [0.5, 0.6) is 0 Å². The minimum absolute atomic E-state index is 0.263. The van der Waals surface area contributed by atoms with Crippen molar-refractivity contribution in [3.63, 3.8) is 0 Å². The van der Waals surface area contributed by atoms with E-state index in [1.54, 1.807) is 6.08 Å². The molecule has 6 nitrogen and oxygen atoms in total. The maximum Gasteiger partial charge on any atom is 0.294 e. The molecule has 1 N–H and O–H groups in total. The molecule has 3 amide bonds. The van der Waals surface area contributed by atoms with Crippen LogP contribution in [0, 0.1) is 26.6 Å². The number of benzene rings is 2. The Hall–Kier alpha value is -3.65. The van der Waals surface area contributed by atoms with Gasteiger partial charge in [-0.25, -0.2) is 4.39 Å². The van der Waals surface area contributed by atoms with Crippen LogP contribution in [0.1, 0.15) is 22.5 Å². The summed E-state index contributed by atoms with van der Waals surface area (Å²) in [6.07, 6.45) is 1.69. The van der Waals surface area contributed by atoms with E-state index in [0.717, 1.165) is 44.9 Å². The van der Waals surface area contributed by atoms with Crippen LogP contribution in [-0.2, 0) is 9.59 Å². The van der Waals surface area contributed by atoms with Crippen molar-refractivity contribution in [2.24, 2.45) is 0 Å². The number of carbonyl (C=O) groups is 3. The summed E-state index contributed by atoms with van der Waals surface area (Å²) in [5, 5.41) is 2.05. The molecule has 0 unspecified atom stereocenters. The third-order valence-corrected chi connectivity index (χ3v) is 6.23. The van der Waals surface area contributed by atoms with Crippen LogP contribution in [0.15, 0.2) is 59.5 Å². The van der Waals surface area contributed by atoms with Gasteiger partial charge < -0.3 is 9.88 Å². The van der Waals surface area contributed by atoms with E-state index < -0.39 is 29.4 Å². The lowest BCUT2D eigenvalue weighted by Crippen LogP contribution is -2.36. The molecule has 0 bridgehead atoms. The third-order valence-electron chi connectivity index (χ3n) is 5.32. The summed E-state index contributed by atoms with van der Waals surface area (Å²) in [6, 6.07) is 15.3. The van der Waals surface area contributed by atoms with Crippen molar-refractivity contribution in [1.29, 1.82) is 0 Å². The highest BCUT2D eigenvalue weighted by molar-refractivity contribution is 8.18. The fraction of sp³-hybridized carbons (Fsp3) is 0.160. The summed E-state index contributed by atoms with van der Waals surface area (Å²) in [7, 11) is 0. The molecule has 33 heavy (non-hydrogen) atoms. The summed E-state index contributed by atoms with van der Waals surface area (Å²) >= 11 is 0.809. The van der Waals surface area contributed by atoms with Crippen LogP contribution in [0.25, 0.3) is 11.8 Å². The van der Waals surface area contributed by atoms with Gasteiger partial charge in [0.2, 0.25) is 5.91 Å². The number of aromatic nitrogens is 1. The van der Waals surface area contributed by atoms with E-state index >= 15 is 0 Å². The van der Waals surface area contributed by atoms with Crippen molar-refractivity contribution in [2.45, 2.75) is 20.8 Å². The second-order valence-electron chi connectivity index (χ2n) is 7.82. The fourth-order valence-electron chi connectivity index (χ4n) is 3.75. The zero-order chi connectivity index (χ0) is 23.7. The van der Waals surface area contributed by atoms with Crippen LogP contribution in [0.2, 0.25) is 0 Å². The molecule has 4 rings (SSSR count). The second kappa shape index (κ2) is 9.07. The molecule has 168 valence electrons. The summed E-state index contributed by atoms with van der Waals surface area (Å²) in [6.45, 7) is 5.56. The monoisotopic (exact) mass is 463 g/mol. The number of nitrogens with one attached hydrogen (secondary N) is 1. The van der Waals surface area contributed by atoms with E-state index in [2.05, 4.69) is 16.0 Å². The first-order valence-corrected chi connectivity index (χ1v) is 11.1. The molecule has 1 saturated heterocycles. The number of amides is 3. The van der Waals surface area contributed by atoms with Gasteiger partial charge in [0.05, 0.1) is 4.91 Å². The Balaban J connectivity index is 1.53. The summed E-state index contributed by atoms with van der Waals surface area (Å²) < 4.78 is 15.1. The first-order valence-electron chi connectivity index (χ1n) is 10.3. The first-order chi connectivity index (χ1) is 15.7. The number of hydrogen-bond donors (Lipinski definition) is 1. The fourth-order valence-corrected chi connectivity index (χ4v) is 4.58.